The van der Waals surface area contributed by atoms with Gasteiger partial charge in [-0.05, 0) is 50.6 Å². The molecule has 0 spiro atoms. The highest BCUT2D eigenvalue weighted by atomic mass is 16.5. The highest BCUT2D eigenvalue weighted by Gasteiger charge is 2.26. The summed E-state index contributed by atoms with van der Waals surface area (Å²) in [6, 6.07) is 5.81. The van der Waals surface area contributed by atoms with E-state index in [9.17, 15) is 4.79 Å². The van der Waals surface area contributed by atoms with Crippen LogP contribution in [0.15, 0.2) is 18.2 Å². The van der Waals surface area contributed by atoms with Crippen molar-refractivity contribution in [3.8, 4) is 11.5 Å². The van der Waals surface area contributed by atoms with E-state index in [0.717, 1.165) is 37.9 Å². The van der Waals surface area contributed by atoms with Crippen LogP contribution in [0.4, 0.5) is 0 Å². The maximum absolute atomic E-state index is 12.6. The predicted molar refractivity (Wildman–Crippen MR) is 90.9 cm³/mol. The topological polar surface area (TPSA) is 50.8 Å². The lowest BCUT2D eigenvalue weighted by molar-refractivity contribution is -0.127. The van der Waals surface area contributed by atoms with Gasteiger partial charge >= 0.3 is 0 Å². The number of nitrogens with zero attached hydrogens (tertiary/aromatic N) is 1. The zero-order valence-corrected chi connectivity index (χ0v) is 14.6. The lowest BCUT2D eigenvalue weighted by Crippen LogP contribution is -2.42. The van der Waals surface area contributed by atoms with Crippen molar-refractivity contribution < 1.29 is 14.3 Å². The number of carbonyl (C=O) groups is 1. The van der Waals surface area contributed by atoms with Gasteiger partial charge in [-0.25, -0.2) is 0 Å². The average Bonchev–Trinajstić information content (AvgIpc) is 2.58. The second kappa shape index (κ2) is 8.20. The summed E-state index contributed by atoms with van der Waals surface area (Å²) in [7, 11) is 5.32. The van der Waals surface area contributed by atoms with Gasteiger partial charge in [0.1, 0.15) is 0 Å². The molecule has 0 radical (unpaired) electrons. The van der Waals surface area contributed by atoms with Crippen LogP contribution >= 0.6 is 0 Å². The summed E-state index contributed by atoms with van der Waals surface area (Å²) < 4.78 is 10.6. The van der Waals surface area contributed by atoms with Crippen molar-refractivity contribution in [3.05, 3.63) is 23.8 Å². The minimum Gasteiger partial charge on any atom is -0.493 e. The van der Waals surface area contributed by atoms with Crippen molar-refractivity contribution in [1.29, 1.82) is 0 Å². The van der Waals surface area contributed by atoms with Crippen LogP contribution in [0.2, 0.25) is 0 Å². The number of benzene rings is 1. The van der Waals surface area contributed by atoms with E-state index >= 15 is 0 Å². The van der Waals surface area contributed by atoms with Gasteiger partial charge in [0.05, 0.1) is 26.2 Å². The summed E-state index contributed by atoms with van der Waals surface area (Å²) in [6.45, 7) is 4.00. The molecule has 1 N–H and O–H groups in total. The molecule has 1 fully saturated rings. The van der Waals surface area contributed by atoms with Crippen LogP contribution in [-0.4, -0.2) is 45.2 Å². The molecular weight excluding hydrogens is 292 g/mol. The Labute approximate surface area is 139 Å². The lowest BCUT2D eigenvalue weighted by Gasteiger charge is -2.30. The molecule has 1 heterocycles. The van der Waals surface area contributed by atoms with E-state index in [1.807, 2.05) is 18.2 Å². The molecule has 5 nitrogen and oxygen atoms in total. The fraction of sp³-hybridized carbons (Fsp3) is 0.611. The molecule has 1 amide bonds. The summed E-state index contributed by atoms with van der Waals surface area (Å²) in [5, 5.41) is 3.20. The monoisotopic (exact) mass is 320 g/mol. The molecule has 2 unspecified atom stereocenters. The van der Waals surface area contributed by atoms with Crippen molar-refractivity contribution >= 4 is 5.91 Å². The standard InChI is InChI=1S/C18H28N2O3/c1-5-15(13-8-9-16(22-3)17(11-13)23-4)19-18(21)14-7-6-10-20(2)12-14/h8-9,11,14-15H,5-7,10,12H2,1-4H3,(H,19,21). The molecule has 23 heavy (non-hydrogen) atoms. The second-order valence-corrected chi connectivity index (χ2v) is 6.19. The Hall–Kier alpha value is -1.75. The molecule has 5 heteroatoms. The van der Waals surface area contributed by atoms with Gasteiger partial charge in [0.2, 0.25) is 5.91 Å². The van der Waals surface area contributed by atoms with Gasteiger partial charge in [-0.15, -0.1) is 0 Å². The summed E-state index contributed by atoms with van der Waals surface area (Å²) in [4.78, 5) is 14.8. The van der Waals surface area contributed by atoms with Crippen LogP contribution in [0, 0.1) is 5.92 Å². The maximum Gasteiger partial charge on any atom is 0.224 e. The van der Waals surface area contributed by atoms with Crippen molar-refractivity contribution in [2.45, 2.75) is 32.2 Å². The molecule has 2 rings (SSSR count). The molecule has 0 bridgehead atoms. The van der Waals surface area contributed by atoms with E-state index in [2.05, 4.69) is 24.2 Å². The fourth-order valence-corrected chi connectivity index (χ4v) is 3.16. The van der Waals surface area contributed by atoms with Gasteiger partial charge in [-0.1, -0.05) is 13.0 Å². The predicted octanol–water partition coefficient (Wildman–Crippen LogP) is 2.61. The zero-order valence-electron chi connectivity index (χ0n) is 14.6. The summed E-state index contributed by atoms with van der Waals surface area (Å²) in [6.07, 6.45) is 2.89. The minimum absolute atomic E-state index is 0.00506. The number of likely N-dealkylation sites (tertiary alicyclic amines) is 1. The third kappa shape index (κ3) is 4.38. The normalized spacial score (nSPS) is 19.9. The third-order valence-electron chi connectivity index (χ3n) is 4.53. The molecule has 128 valence electrons. The molecule has 0 saturated carbocycles. The Kier molecular flexibility index (Phi) is 6.28. The number of amides is 1. The van der Waals surface area contributed by atoms with E-state index in [4.69, 9.17) is 9.47 Å². The van der Waals surface area contributed by atoms with E-state index in [1.54, 1.807) is 14.2 Å². The summed E-state index contributed by atoms with van der Waals surface area (Å²) in [5.41, 5.74) is 1.04. The Bertz CT molecular complexity index is 533. The number of ether oxygens (including phenoxy) is 2. The van der Waals surface area contributed by atoms with Crippen molar-refractivity contribution in [2.24, 2.45) is 5.92 Å². The number of hydrogen-bond donors (Lipinski definition) is 1. The third-order valence-corrected chi connectivity index (χ3v) is 4.53. The molecule has 1 aromatic carbocycles. The molecule has 0 aliphatic carbocycles. The molecular formula is C18H28N2O3. The Morgan fingerprint density at radius 2 is 2.09 bits per heavy atom. The molecule has 1 aromatic rings. The minimum atomic E-state index is -0.00506. The van der Waals surface area contributed by atoms with Gasteiger partial charge in [0.25, 0.3) is 0 Å². The lowest BCUT2D eigenvalue weighted by atomic mass is 9.96. The zero-order chi connectivity index (χ0) is 16.8. The van der Waals surface area contributed by atoms with E-state index in [-0.39, 0.29) is 17.9 Å². The number of rotatable bonds is 6. The smallest absolute Gasteiger partial charge is 0.224 e. The van der Waals surface area contributed by atoms with Crippen LogP contribution in [0.1, 0.15) is 37.8 Å². The first-order chi connectivity index (χ1) is 11.1. The SMILES string of the molecule is CCC(NC(=O)C1CCCN(C)C1)c1ccc(OC)c(OC)c1. The first-order valence-corrected chi connectivity index (χ1v) is 8.29. The van der Waals surface area contributed by atoms with Gasteiger partial charge in [-0.3, -0.25) is 4.79 Å². The second-order valence-electron chi connectivity index (χ2n) is 6.19. The molecule has 0 aromatic heterocycles. The largest absolute Gasteiger partial charge is 0.493 e. The van der Waals surface area contributed by atoms with Crippen molar-refractivity contribution in [1.82, 2.24) is 10.2 Å². The summed E-state index contributed by atoms with van der Waals surface area (Å²) >= 11 is 0. The molecule has 1 aliphatic rings. The summed E-state index contributed by atoms with van der Waals surface area (Å²) in [5.74, 6) is 1.63. The van der Waals surface area contributed by atoms with E-state index < -0.39 is 0 Å². The average molecular weight is 320 g/mol. The van der Waals surface area contributed by atoms with E-state index in [1.165, 1.54) is 0 Å². The molecule has 2 atom stereocenters. The Morgan fingerprint density at radius 3 is 2.70 bits per heavy atom. The van der Waals surface area contributed by atoms with Gasteiger partial charge < -0.3 is 19.7 Å². The van der Waals surface area contributed by atoms with Crippen molar-refractivity contribution in [3.63, 3.8) is 0 Å². The van der Waals surface area contributed by atoms with Crippen LogP contribution in [-0.2, 0) is 4.79 Å². The van der Waals surface area contributed by atoms with Crippen molar-refractivity contribution in [2.75, 3.05) is 34.4 Å². The Morgan fingerprint density at radius 1 is 1.35 bits per heavy atom. The highest BCUT2D eigenvalue weighted by Crippen LogP contribution is 2.31. The van der Waals surface area contributed by atoms with Gasteiger partial charge in [0.15, 0.2) is 11.5 Å². The first-order valence-electron chi connectivity index (χ1n) is 8.29. The van der Waals surface area contributed by atoms with E-state index in [0.29, 0.717) is 11.5 Å². The number of hydrogen-bond acceptors (Lipinski definition) is 4. The number of carbonyl (C=O) groups excluding carboxylic acids is 1. The Balaban J connectivity index is 2.08. The van der Waals surface area contributed by atoms with Crippen LogP contribution in [0.5, 0.6) is 11.5 Å². The van der Waals surface area contributed by atoms with Crippen LogP contribution < -0.4 is 14.8 Å². The highest BCUT2D eigenvalue weighted by molar-refractivity contribution is 5.79. The molecule has 1 saturated heterocycles. The van der Waals surface area contributed by atoms with Gasteiger partial charge in [0, 0.05) is 6.54 Å². The van der Waals surface area contributed by atoms with Crippen LogP contribution in [0.3, 0.4) is 0 Å². The van der Waals surface area contributed by atoms with Gasteiger partial charge in [-0.2, -0.15) is 0 Å². The number of piperidine rings is 1. The quantitative estimate of drug-likeness (QED) is 0.875. The maximum atomic E-state index is 12.6. The fourth-order valence-electron chi connectivity index (χ4n) is 3.16. The first kappa shape index (κ1) is 17.6. The number of methoxy groups -OCH3 is 2. The number of nitrogens with one attached hydrogen (secondary N) is 1. The van der Waals surface area contributed by atoms with Crippen LogP contribution in [0.25, 0.3) is 0 Å². The molecule has 1 aliphatic heterocycles.